The molecule has 0 amide bonds. The normalized spacial score (nSPS) is 12.0. The van der Waals surface area contributed by atoms with Crippen molar-refractivity contribution in [3.8, 4) is 11.5 Å². The van der Waals surface area contributed by atoms with E-state index in [4.69, 9.17) is 14.2 Å². The van der Waals surface area contributed by atoms with Gasteiger partial charge >= 0.3 is 0 Å². The second kappa shape index (κ2) is 44.0. The van der Waals surface area contributed by atoms with Gasteiger partial charge in [0.15, 0.2) is 0 Å². The molecular weight excluding hydrogens is 460 g/mol. The fraction of sp³-hybridized carbons (Fsp3) is 0.636. The number of rotatable bonds is 7. The molecule has 37 heavy (non-hydrogen) atoms. The van der Waals surface area contributed by atoms with Crippen LogP contribution in [0.15, 0.2) is 60.7 Å². The lowest BCUT2D eigenvalue weighted by Gasteiger charge is -2.09. The Morgan fingerprint density at radius 1 is 0.676 bits per heavy atom. The molecule has 2 unspecified atom stereocenters. The Morgan fingerprint density at radius 2 is 1.00 bits per heavy atom. The van der Waals surface area contributed by atoms with Crippen LogP contribution >= 0.6 is 0 Å². The summed E-state index contributed by atoms with van der Waals surface area (Å²) in [5.74, 6) is 1.73. The van der Waals surface area contributed by atoms with Crippen LogP contribution in [0.3, 0.4) is 0 Å². The maximum absolute atomic E-state index is 9.19. The molecule has 2 atom stereocenters. The number of ether oxygens (including phenoxy) is 3. The molecule has 4 nitrogen and oxygen atoms in total. The van der Waals surface area contributed by atoms with Crippen LogP contribution in [0.5, 0.6) is 11.5 Å². The molecular formula is C33H64O4. The number of hydrogen-bond acceptors (Lipinski definition) is 4. The highest BCUT2D eigenvalue weighted by atomic mass is 16.6. The van der Waals surface area contributed by atoms with E-state index in [-0.39, 0.29) is 6.10 Å². The van der Waals surface area contributed by atoms with Gasteiger partial charge in [0.2, 0.25) is 0 Å². The monoisotopic (exact) mass is 524 g/mol. The number of hydrogen-bond donors (Lipinski definition) is 1. The predicted octanol–water partition coefficient (Wildman–Crippen LogP) is 10.2. The van der Waals surface area contributed by atoms with E-state index in [2.05, 4.69) is 27.7 Å². The predicted molar refractivity (Wildman–Crippen MR) is 167 cm³/mol. The van der Waals surface area contributed by atoms with Crippen LogP contribution in [0.1, 0.15) is 109 Å². The van der Waals surface area contributed by atoms with Crippen LogP contribution in [0.25, 0.3) is 0 Å². The second-order valence-corrected chi connectivity index (χ2v) is 6.68. The minimum atomic E-state index is -0.356. The van der Waals surface area contributed by atoms with E-state index in [1.165, 1.54) is 12.8 Å². The summed E-state index contributed by atoms with van der Waals surface area (Å²) in [6.45, 7) is 28.3. The van der Waals surface area contributed by atoms with E-state index in [0.29, 0.717) is 19.3 Å². The van der Waals surface area contributed by atoms with Crippen molar-refractivity contribution in [3.63, 3.8) is 0 Å². The minimum absolute atomic E-state index is 0.343. The van der Waals surface area contributed by atoms with Gasteiger partial charge in [-0.15, -0.1) is 0 Å². The Labute approximate surface area is 232 Å². The number of para-hydroxylation sites is 2. The molecule has 1 heterocycles. The molecule has 0 spiro atoms. The quantitative estimate of drug-likeness (QED) is 0.366. The van der Waals surface area contributed by atoms with Crippen molar-refractivity contribution in [1.29, 1.82) is 0 Å². The highest BCUT2D eigenvalue weighted by molar-refractivity contribution is 5.21. The smallest absolute Gasteiger partial charge is 0.119 e. The molecule has 1 fully saturated rings. The Kier molecular flexibility index (Phi) is 53.4. The SMILES string of the molecule is CC.CC.CC.CC.CCC.CCC.CCC(O)COc1ccccc1.c1ccc(OCC2CO2)cc1. The number of aliphatic hydroxyl groups is 1. The summed E-state index contributed by atoms with van der Waals surface area (Å²) < 4.78 is 15.7. The Balaban J connectivity index is -0.000000125. The Morgan fingerprint density at radius 3 is 1.30 bits per heavy atom. The molecule has 0 bridgehead atoms. The summed E-state index contributed by atoms with van der Waals surface area (Å²) in [6.07, 6.45) is 3.22. The van der Waals surface area contributed by atoms with E-state index < -0.39 is 0 Å². The van der Waals surface area contributed by atoms with Crippen molar-refractivity contribution in [2.75, 3.05) is 19.8 Å². The van der Waals surface area contributed by atoms with Crippen LogP contribution in [-0.2, 0) is 4.74 Å². The lowest BCUT2D eigenvalue weighted by Crippen LogP contribution is -2.15. The third-order valence-electron chi connectivity index (χ3n) is 3.24. The molecule has 4 heteroatoms. The van der Waals surface area contributed by atoms with Crippen molar-refractivity contribution in [2.24, 2.45) is 0 Å². The molecule has 3 rings (SSSR count). The Bertz CT molecular complexity index is 555. The van der Waals surface area contributed by atoms with Gasteiger partial charge in [0, 0.05) is 0 Å². The zero-order valence-electron chi connectivity index (χ0n) is 26.8. The van der Waals surface area contributed by atoms with Crippen molar-refractivity contribution >= 4 is 0 Å². The summed E-state index contributed by atoms with van der Waals surface area (Å²) in [4.78, 5) is 0. The molecule has 1 aliphatic heterocycles. The average molecular weight is 525 g/mol. The molecule has 1 saturated heterocycles. The highest BCUT2D eigenvalue weighted by Crippen LogP contribution is 2.13. The maximum atomic E-state index is 9.19. The standard InChI is InChI=1S/C10H14O2.C9H10O2.2C3H8.4C2H6/c1-2-9(11)8-12-10-6-4-3-5-7-10;1-2-4-8(5-3-1)10-6-9-7-11-9;2*1-3-2;4*1-2/h3-7,9,11H,2,8H2,1H3;1-5,9H,6-7H2;2*3H2,1-2H3;4*1-2H3. The van der Waals surface area contributed by atoms with Gasteiger partial charge in [-0.3, -0.25) is 0 Å². The molecule has 0 saturated carbocycles. The fourth-order valence-electron chi connectivity index (χ4n) is 1.70. The third-order valence-corrected chi connectivity index (χ3v) is 3.24. The van der Waals surface area contributed by atoms with Gasteiger partial charge < -0.3 is 19.3 Å². The first-order valence-electron chi connectivity index (χ1n) is 14.8. The van der Waals surface area contributed by atoms with Gasteiger partial charge in [0.05, 0.1) is 12.7 Å². The Hall–Kier alpha value is -2.04. The van der Waals surface area contributed by atoms with Crippen molar-refractivity contribution in [1.82, 2.24) is 0 Å². The average Bonchev–Trinajstić information content (AvgIpc) is 3.82. The van der Waals surface area contributed by atoms with E-state index in [1.807, 2.05) is 123 Å². The van der Waals surface area contributed by atoms with Crippen LogP contribution in [0, 0.1) is 0 Å². The van der Waals surface area contributed by atoms with E-state index in [0.717, 1.165) is 24.5 Å². The maximum Gasteiger partial charge on any atom is 0.119 e. The van der Waals surface area contributed by atoms with Crippen molar-refractivity contribution in [2.45, 2.75) is 121 Å². The summed E-state index contributed by atoms with van der Waals surface area (Å²) in [7, 11) is 0. The van der Waals surface area contributed by atoms with Gasteiger partial charge in [-0.1, -0.05) is 139 Å². The summed E-state index contributed by atoms with van der Waals surface area (Å²) >= 11 is 0. The zero-order valence-corrected chi connectivity index (χ0v) is 26.8. The second-order valence-electron chi connectivity index (χ2n) is 6.68. The van der Waals surface area contributed by atoms with Crippen molar-refractivity contribution in [3.05, 3.63) is 60.7 Å². The van der Waals surface area contributed by atoms with Crippen LogP contribution in [0.4, 0.5) is 0 Å². The van der Waals surface area contributed by atoms with Gasteiger partial charge in [-0.2, -0.15) is 0 Å². The third kappa shape index (κ3) is 41.4. The number of benzene rings is 2. The number of epoxide rings is 1. The summed E-state index contributed by atoms with van der Waals surface area (Å²) in [6, 6.07) is 19.3. The van der Waals surface area contributed by atoms with Gasteiger partial charge in [0.25, 0.3) is 0 Å². The first-order chi connectivity index (χ1) is 18.1. The first kappa shape index (κ1) is 44.9. The lowest BCUT2D eigenvalue weighted by atomic mass is 10.3. The molecule has 0 aliphatic carbocycles. The highest BCUT2D eigenvalue weighted by Gasteiger charge is 2.22. The summed E-state index contributed by atoms with van der Waals surface area (Å²) in [5, 5.41) is 9.19. The van der Waals surface area contributed by atoms with E-state index in [1.54, 1.807) is 0 Å². The molecule has 220 valence electrons. The lowest BCUT2D eigenvalue weighted by molar-refractivity contribution is 0.104. The topological polar surface area (TPSA) is 51.2 Å². The minimum Gasteiger partial charge on any atom is -0.491 e. The molecule has 0 aromatic heterocycles. The van der Waals surface area contributed by atoms with Crippen LogP contribution < -0.4 is 9.47 Å². The van der Waals surface area contributed by atoms with Gasteiger partial charge in [-0.05, 0) is 30.7 Å². The first-order valence-corrected chi connectivity index (χ1v) is 14.8. The van der Waals surface area contributed by atoms with Crippen LogP contribution in [-0.4, -0.2) is 37.1 Å². The zero-order chi connectivity index (χ0) is 29.7. The molecule has 0 radical (unpaired) electrons. The molecule has 1 N–H and O–H groups in total. The van der Waals surface area contributed by atoms with E-state index in [9.17, 15) is 5.11 Å². The fourth-order valence-corrected chi connectivity index (χ4v) is 1.70. The van der Waals surface area contributed by atoms with Gasteiger partial charge in [0.1, 0.15) is 30.8 Å². The largest absolute Gasteiger partial charge is 0.491 e. The number of aliphatic hydroxyl groups excluding tert-OH is 1. The molecule has 2 aromatic carbocycles. The van der Waals surface area contributed by atoms with E-state index >= 15 is 0 Å². The molecule has 1 aliphatic rings. The molecule has 2 aromatic rings. The summed E-state index contributed by atoms with van der Waals surface area (Å²) in [5.41, 5.74) is 0. The van der Waals surface area contributed by atoms with Crippen LogP contribution in [0.2, 0.25) is 0 Å². The van der Waals surface area contributed by atoms with Crippen molar-refractivity contribution < 1.29 is 19.3 Å². The van der Waals surface area contributed by atoms with Gasteiger partial charge in [-0.25, -0.2) is 0 Å².